The smallest absolute Gasteiger partial charge is 0.123 e. The molecule has 2 heteroatoms. The molecule has 0 atom stereocenters. The van der Waals surface area contributed by atoms with Crippen molar-refractivity contribution in [2.75, 3.05) is 13.1 Å². The minimum Gasteiger partial charge on any atom is -0.317 e. The van der Waals surface area contributed by atoms with E-state index in [1.165, 1.54) is 24.8 Å². The van der Waals surface area contributed by atoms with Crippen molar-refractivity contribution < 1.29 is 4.39 Å². The maximum Gasteiger partial charge on any atom is 0.123 e. The molecule has 0 aromatic heterocycles. The van der Waals surface area contributed by atoms with Crippen molar-refractivity contribution >= 4 is 0 Å². The highest BCUT2D eigenvalue weighted by Crippen LogP contribution is 2.20. The third-order valence-electron chi connectivity index (χ3n) is 3.59. The van der Waals surface area contributed by atoms with Gasteiger partial charge in [0.05, 0.1) is 0 Å². The van der Waals surface area contributed by atoms with E-state index in [1.807, 2.05) is 13.0 Å². The summed E-state index contributed by atoms with van der Waals surface area (Å²) in [6.45, 7) is 4.32. The Morgan fingerprint density at radius 1 is 1.31 bits per heavy atom. The van der Waals surface area contributed by atoms with Crippen LogP contribution in [-0.2, 0) is 6.42 Å². The van der Waals surface area contributed by atoms with Crippen molar-refractivity contribution in [3.63, 3.8) is 0 Å². The number of rotatable bonds is 3. The second-order valence-corrected chi connectivity index (χ2v) is 4.80. The molecule has 1 aliphatic heterocycles. The lowest BCUT2D eigenvalue weighted by molar-refractivity contribution is 0.354. The van der Waals surface area contributed by atoms with E-state index in [-0.39, 0.29) is 5.82 Å². The van der Waals surface area contributed by atoms with Crippen molar-refractivity contribution in [3.05, 3.63) is 35.1 Å². The van der Waals surface area contributed by atoms with Crippen LogP contribution in [0.15, 0.2) is 18.2 Å². The summed E-state index contributed by atoms with van der Waals surface area (Å²) in [4.78, 5) is 0. The first-order chi connectivity index (χ1) is 7.75. The summed E-state index contributed by atoms with van der Waals surface area (Å²) in [6, 6.07) is 5.15. The lowest BCUT2D eigenvalue weighted by Crippen LogP contribution is -2.27. The summed E-state index contributed by atoms with van der Waals surface area (Å²) >= 11 is 0. The highest BCUT2D eigenvalue weighted by atomic mass is 19.1. The zero-order valence-corrected chi connectivity index (χ0v) is 9.93. The summed E-state index contributed by atoms with van der Waals surface area (Å²) in [7, 11) is 0. The quantitative estimate of drug-likeness (QED) is 0.827. The molecular formula is C14H20FN. The Morgan fingerprint density at radius 2 is 2.06 bits per heavy atom. The summed E-state index contributed by atoms with van der Waals surface area (Å²) in [6.07, 6.45) is 4.92. The van der Waals surface area contributed by atoms with Crippen LogP contribution in [0.4, 0.5) is 4.39 Å². The van der Waals surface area contributed by atoms with E-state index in [0.29, 0.717) is 0 Å². The SMILES string of the molecule is Cc1cc(F)ccc1CCC1CCNCC1. The predicted octanol–water partition coefficient (Wildman–Crippen LogP) is 3.07. The van der Waals surface area contributed by atoms with Crippen LogP contribution in [0.3, 0.4) is 0 Å². The molecule has 0 unspecified atom stereocenters. The molecule has 1 fully saturated rings. The van der Waals surface area contributed by atoms with Crippen LogP contribution in [0.2, 0.25) is 0 Å². The van der Waals surface area contributed by atoms with E-state index in [0.717, 1.165) is 31.0 Å². The zero-order chi connectivity index (χ0) is 11.4. The molecule has 0 spiro atoms. The van der Waals surface area contributed by atoms with E-state index in [1.54, 1.807) is 12.1 Å². The van der Waals surface area contributed by atoms with Crippen LogP contribution in [0, 0.1) is 18.7 Å². The number of benzene rings is 1. The van der Waals surface area contributed by atoms with Gasteiger partial charge in [-0.25, -0.2) is 4.39 Å². The Hall–Kier alpha value is -0.890. The Kier molecular flexibility index (Phi) is 3.94. The number of nitrogens with one attached hydrogen (secondary N) is 1. The van der Waals surface area contributed by atoms with Gasteiger partial charge in [0.25, 0.3) is 0 Å². The first-order valence-electron chi connectivity index (χ1n) is 6.21. The predicted molar refractivity (Wildman–Crippen MR) is 65.1 cm³/mol. The molecule has 0 amide bonds. The molecule has 1 nitrogen and oxygen atoms in total. The maximum absolute atomic E-state index is 12.9. The van der Waals surface area contributed by atoms with Crippen LogP contribution in [0.25, 0.3) is 0 Å². The van der Waals surface area contributed by atoms with E-state index < -0.39 is 0 Å². The normalized spacial score (nSPS) is 17.6. The molecule has 1 heterocycles. The number of halogens is 1. The molecule has 1 saturated heterocycles. The van der Waals surface area contributed by atoms with Crippen molar-refractivity contribution in [1.29, 1.82) is 0 Å². The van der Waals surface area contributed by atoms with Gasteiger partial charge in [-0.3, -0.25) is 0 Å². The molecule has 0 radical (unpaired) electrons. The van der Waals surface area contributed by atoms with Crippen molar-refractivity contribution in [2.45, 2.75) is 32.6 Å². The lowest BCUT2D eigenvalue weighted by atomic mass is 9.90. The van der Waals surface area contributed by atoms with Gasteiger partial charge < -0.3 is 5.32 Å². The van der Waals surface area contributed by atoms with Gasteiger partial charge in [0.2, 0.25) is 0 Å². The molecule has 0 saturated carbocycles. The number of hydrogen-bond acceptors (Lipinski definition) is 1. The Balaban J connectivity index is 1.88. The molecule has 1 aromatic rings. The molecule has 2 rings (SSSR count). The fraction of sp³-hybridized carbons (Fsp3) is 0.571. The topological polar surface area (TPSA) is 12.0 Å². The molecular weight excluding hydrogens is 201 g/mol. The van der Waals surface area contributed by atoms with Gasteiger partial charge in [-0.05, 0) is 74.9 Å². The first-order valence-corrected chi connectivity index (χ1v) is 6.21. The van der Waals surface area contributed by atoms with Gasteiger partial charge in [0.15, 0.2) is 0 Å². The molecule has 88 valence electrons. The highest BCUT2D eigenvalue weighted by molar-refractivity contribution is 5.26. The Labute approximate surface area is 97.1 Å². The van der Waals surface area contributed by atoms with E-state index in [2.05, 4.69) is 5.32 Å². The van der Waals surface area contributed by atoms with Crippen LogP contribution in [0.5, 0.6) is 0 Å². The van der Waals surface area contributed by atoms with Crippen molar-refractivity contribution in [3.8, 4) is 0 Å². The monoisotopic (exact) mass is 221 g/mol. The fourth-order valence-electron chi connectivity index (χ4n) is 2.47. The summed E-state index contributed by atoms with van der Waals surface area (Å²) in [5.41, 5.74) is 2.40. The third-order valence-corrected chi connectivity index (χ3v) is 3.59. The van der Waals surface area contributed by atoms with E-state index in [9.17, 15) is 4.39 Å². The number of hydrogen-bond donors (Lipinski definition) is 1. The highest BCUT2D eigenvalue weighted by Gasteiger charge is 2.13. The van der Waals surface area contributed by atoms with Crippen molar-refractivity contribution in [2.24, 2.45) is 5.92 Å². The van der Waals surface area contributed by atoms with Gasteiger partial charge in [0.1, 0.15) is 5.82 Å². The number of piperidine rings is 1. The van der Waals surface area contributed by atoms with Crippen LogP contribution >= 0.6 is 0 Å². The molecule has 1 aromatic carbocycles. The zero-order valence-electron chi connectivity index (χ0n) is 9.93. The maximum atomic E-state index is 12.9. The van der Waals surface area contributed by atoms with Gasteiger partial charge in [-0.15, -0.1) is 0 Å². The van der Waals surface area contributed by atoms with Crippen LogP contribution in [0.1, 0.15) is 30.4 Å². The molecule has 16 heavy (non-hydrogen) atoms. The fourth-order valence-corrected chi connectivity index (χ4v) is 2.47. The van der Waals surface area contributed by atoms with Gasteiger partial charge in [-0.1, -0.05) is 6.07 Å². The Bertz CT molecular complexity index is 343. The van der Waals surface area contributed by atoms with E-state index in [4.69, 9.17) is 0 Å². The summed E-state index contributed by atoms with van der Waals surface area (Å²) < 4.78 is 12.9. The number of aryl methyl sites for hydroxylation is 2. The minimum absolute atomic E-state index is 0.122. The molecule has 1 aliphatic rings. The van der Waals surface area contributed by atoms with Crippen molar-refractivity contribution in [1.82, 2.24) is 5.32 Å². The second-order valence-electron chi connectivity index (χ2n) is 4.80. The average molecular weight is 221 g/mol. The molecule has 1 N–H and O–H groups in total. The molecule has 0 aliphatic carbocycles. The molecule has 0 bridgehead atoms. The van der Waals surface area contributed by atoms with E-state index >= 15 is 0 Å². The second kappa shape index (κ2) is 5.44. The van der Waals surface area contributed by atoms with Crippen LogP contribution < -0.4 is 5.32 Å². The van der Waals surface area contributed by atoms with Crippen LogP contribution in [-0.4, -0.2) is 13.1 Å². The van der Waals surface area contributed by atoms with Gasteiger partial charge in [-0.2, -0.15) is 0 Å². The summed E-state index contributed by atoms with van der Waals surface area (Å²) in [5, 5.41) is 3.38. The third kappa shape index (κ3) is 3.05. The van der Waals surface area contributed by atoms with Gasteiger partial charge in [0, 0.05) is 0 Å². The van der Waals surface area contributed by atoms with Gasteiger partial charge >= 0.3 is 0 Å². The summed E-state index contributed by atoms with van der Waals surface area (Å²) in [5.74, 6) is 0.730. The first kappa shape index (κ1) is 11.6. The Morgan fingerprint density at radius 3 is 2.75 bits per heavy atom. The largest absolute Gasteiger partial charge is 0.317 e. The minimum atomic E-state index is -0.122. The lowest BCUT2D eigenvalue weighted by Gasteiger charge is -2.22. The average Bonchev–Trinajstić information content (AvgIpc) is 2.29. The standard InChI is InChI=1S/C14H20FN/c1-11-10-14(15)5-4-13(11)3-2-12-6-8-16-9-7-12/h4-5,10,12,16H,2-3,6-9H2,1H3.